The first kappa shape index (κ1) is 15.0. The molecule has 2 heteroatoms. The first-order valence-corrected chi connectivity index (χ1v) is 6.77. The molecule has 15 heavy (non-hydrogen) atoms. The maximum absolute atomic E-state index is 5.47. The van der Waals surface area contributed by atoms with E-state index in [0.717, 1.165) is 18.2 Å². The molecule has 0 heterocycles. The molecule has 1 nitrogen and oxygen atoms in total. The highest BCUT2D eigenvalue weighted by molar-refractivity contribution is 9.09. The quantitative estimate of drug-likeness (QED) is 0.404. The van der Waals surface area contributed by atoms with E-state index < -0.39 is 0 Å². The summed E-state index contributed by atoms with van der Waals surface area (Å²) in [5.74, 6) is 7.09. The Morgan fingerprint density at radius 1 is 1.33 bits per heavy atom. The maximum atomic E-state index is 5.47. The van der Waals surface area contributed by atoms with Crippen molar-refractivity contribution in [3.05, 3.63) is 0 Å². The van der Waals surface area contributed by atoms with E-state index in [2.05, 4.69) is 48.5 Å². The normalized spacial score (nSPS) is 14.5. The van der Waals surface area contributed by atoms with Crippen LogP contribution in [0, 0.1) is 17.8 Å². The highest BCUT2D eigenvalue weighted by atomic mass is 79.9. The maximum Gasteiger partial charge on any atom is 0.125 e. The van der Waals surface area contributed by atoms with Crippen molar-refractivity contribution in [2.45, 2.75) is 52.1 Å². The molecule has 0 fully saturated rings. The van der Waals surface area contributed by atoms with Crippen molar-refractivity contribution in [2.24, 2.45) is 5.92 Å². The van der Waals surface area contributed by atoms with E-state index in [1.165, 1.54) is 12.8 Å². The van der Waals surface area contributed by atoms with Crippen LogP contribution in [0.5, 0.6) is 0 Å². The fraction of sp³-hybridized carbons (Fsp3) is 0.846. The SMILES string of the molecule is COC(C)(C#CCCCCBr)CC(C)C. The number of unbranched alkanes of at least 4 members (excludes halogenated alkanes) is 2. The van der Waals surface area contributed by atoms with Gasteiger partial charge in [-0.3, -0.25) is 0 Å². The first-order valence-electron chi connectivity index (χ1n) is 5.65. The molecule has 0 amide bonds. The molecule has 0 saturated heterocycles. The van der Waals surface area contributed by atoms with Gasteiger partial charge in [-0.05, 0) is 32.1 Å². The van der Waals surface area contributed by atoms with Crippen molar-refractivity contribution in [1.29, 1.82) is 0 Å². The lowest BCUT2D eigenvalue weighted by atomic mass is 9.94. The zero-order valence-electron chi connectivity index (χ0n) is 10.4. The minimum Gasteiger partial charge on any atom is -0.366 e. The third-order valence-corrected chi connectivity index (χ3v) is 2.85. The van der Waals surface area contributed by atoms with Crippen molar-refractivity contribution in [3.63, 3.8) is 0 Å². The summed E-state index contributed by atoms with van der Waals surface area (Å²) in [6.45, 7) is 6.47. The molecule has 88 valence electrons. The smallest absolute Gasteiger partial charge is 0.125 e. The Kier molecular flexibility index (Phi) is 8.19. The molecule has 0 aliphatic carbocycles. The third-order valence-electron chi connectivity index (χ3n) is 2.29. The molecule has 0 radical (unpaired) electrons. The molecule has 1 unspecified atom stereocenters. The zero-order chi connectivity index (χ0) is 11.7. The lowest BCUT2D eigenvalue weighted by Gasteiger charge is -2.23. The van der Waals surface area contributed by atoms with E-state index in [1.807, 2.05) is 0 Å². The standard InChI is InChI=1S/C13H23BrO/c1-12(2)11-13(3,15-4)9-7-5-6-8-10-14/h12H,5-6,8,10-11H2,1-4H3. The van der Waals surface area contributed by atoms with E-state index in [1.54, 1.807) is 7.11 Å². The molecule has 0 aromatic carbocycles. The Balaban J connectivity index is 4.05. The van der Waals surface area contributed by atoms with Crippen LogP contribution in [-0.2, 0) is 4.74 Å². The Morgan fingerprint density at radius 2 is 2.00 bits per heavy atom. The number of halogens is 1. The van der Waals surface area contributed by atoms with Crippen molar-refractivity contribution < 1.29 is 4.74 Å². The van der Waals surface area contributed by atoms with Crippen molar-refractivity contribution in [3.8, 4) is 11.8 Å². The summed E-state index contributed by atoms with van der Waals surface area (Å²) in [7, 11) is 1.75. The predicted octanol–water partition coefficient (Wildman–Crippen LogP) is 4.01. The van der Waals surface area contributed by atoms with E-state index in [4.69, 9.17) is 4.74 Å². The van der Waals surface area contributed by atoms with E-state index >= 15 is 0 Å². The van der Waals surface area contributed by atoms with Crippen LogP contribution in [0.4, 0.5) is 0 Å². The predicted molar refractivity (Wildman–Crippen MR) is 70.3 cm³/mol. The Labute approximate surface area is 103 Å². The Morgan fingerprint density at radius 3 is 2.47 bits per heavy atom. The van der Waals surface area contributed by atoms with Gasteiger partial charge in [0, 0.05) is 18.9 Å². The summed E-state index contributed by atoms with van der Waals surface area (Å²) in [4.78, 5) is 0. The zero-order valence-corrected chi connectivity index (χ0v) is 12.0. The van der Waals surface area contributed by atoms with E-state index in [-0.39, 0.29) is 5.60 Å². The van der Waals surface area contributed by atoms with Gasteiger partial charge in [-0.15, -0.1) is 5.92 Å². The first-order chi connectivity index (χ1) is 7.04. The molecule has 0 aromatic rings. The largest absolute Gasteiger partial charge is 0.366 e. The fourth-order valence-electron chi connectivity index (χ4n) is 1.52. The molecule has 0 bridgehead atoms. The summed E-state index contributed by atoms with van der Waals surface area (Å²) < 4.78 is 5.47. The second-order valence-electron chi connectivity index (χ2n) is 4.48. The van der Waals surface area contributed by atoms with Crippen LogP contribution in [-0.4, -0.2) is 18.0 Å². The average molecular weight is 275 g/mol. The molecule has 0 spiro atoms. The average Bonchev–Trinajstić information content (AvgIpc) is 2.16. The van der Waals surface area contributed by atoms with Gasteiger partial charge in [-0.2, -0.15) is 0 Å². The summed E-state index contributed by atoms with van der Waals surface area (Å²) >= 11 is 3.41. The van der Waals surface area contributed by atoms with Crippen molar-refractivity contribution in [1.82, 2.24) is 0 Å². The van der Waals surface area contributed by atoms with Crippen LogP contribution in [0.3, 0.4) is 0 Å². The second-order valence-corrected chi connectivity index (χ2v) is 5.27. The van der Waals surface area contributed by atoms with Crippen LogP contribution < -0.4 is 0 Å². The minimum atomic E-state index is -0.261. The number of hydrogen-bond acceptors (Lipinski definition) is 1. The van der Waals surface area contributed by atoms with Crippen LogP contribution in [0.1, 0.15) is 46.5 Å². The molecular formula is C13H23BrO. The highest BCUT2D eigenvalue weighted by Crippen LogP contribution is 2.19. The van der Waals surface area contributed by atoms with E-state index in [9.17, 15) is 0 Å². The van der Waals surface area contributed by atoms with Gasteiger partial charge in [0.05, 0.1) is 0 Å². The van der Waals surface area contributed by atoms with Gasteiger partial charge in [0.15, 0.2) is 0 Å². The summed E-state index contributed by atoms with van der Waals surface area (Å²) in [5, 5.41) is 1.07. The molecule has 0 aliphatic heterocycles. The molecular weight excluding hydrogens is 252 g/mol. The molecule has 0 saturated carbocycles. The topological polar surface area (TPSA) is 9.23 Å². The van der Waals surface area contributed by atoms with Gasteiger partial charge in [-0.25, -0.2) is 0 Å². The monoisotopic (exact) mass is 274 g/mol. The van der Waals surface area contributed by atoms with Gasteiger partial charge in [0.2, 0.25) is 0 Å². The van der Waals surface area contributed by atoms with Gasteiger partial charge < -0.3 is 4.74 Å². The highest BCUT2D eigenvalue weighted by Gasteiger charge is 2.21. The number of alkyl halides is 1. The molecule has 0 aromatic heterocycles. The number of rotatable bonds is 6. The van der Waals surface area contributed by atoms with Crippen LogP contribution in [0.25, 0.3) is 0 Å². The van der Waals surface area contributed by atoms with Gasteiger partial charge >= 0.3 is 0 Å². The van der Waals surface area contributed by atoms with Gasteiger partial charge in [0.25, 0.3) is 0 Å². The molecule has 0 aliphatic rings. The van der Waals surface area contributed by atoms with Crippen LogP contribution in [0.2, 0.25) is 0 Å². The van der Waals surface area contributed by atoms with Crippen molar-refractivity contribution >= 4 is 15.9 Å². The Hall–Kier alpha value is 0. The lowest BCUT2D eigenvalue weighted by molar-refractivity contribution is 0.0395. The van der Waals surface area contributed by atoms with Gasteiger partial charge in [0.1, 0.15) is 5.60 Å². The van der Waals surface area contributed by atoms with Crippen LogP contribution in [0.15, 0.2) is 0 Å². The summed E-state index contributed by atoms with van der Waals surface area (Å²) in [6, 6.07) is 0. The van der Waals surface area contributed by atoms with Crippen LogP contribution >= 0.6 is 15.9 Å². The number of ether oxygens (including phenoxy) is 1. The second kappa shape index (κ2) is 8.19. The minimum absolute atomic E-state index is 0.261. The molecule has 0 N–H and O–H groups in total. The lowest BCUT2D eigenvalue weighted by Crippen LogP contribution is -2.27. The number of methoxy groups -OCH3 is 1. The van der Waals surface area contributed by atoms with E-state index in [0.29, 0.717) is 5.92 Å². The Bertz CT molecular complexity index is 214. The summed E-state index contributed by atoms with van der Waals surface area (Å²) in [6.07, 6.45) is 4.33. The van der Waals surface area contributed by atoms with Crippen molar-refractivity contribution in [2.75, 3.05) is 12.4 Å². The number of hydrogen-bond donors (Lipinski definition) is 0. The molecule has 1 atom stereocenters. The fourth-order valence-corrected chi connectivity index (χ4v) is 1.92. The van der Waals surface area contributed by atoms with Gasteiger partial charge in [-0.1, -0.05) is 35.7 Å². The summed E-state index contributed by atoms with van der Waals surface area (Å²) in [5.41, 5.74) is -0.261. The third kappa shape index (κ3) is 7.88. The molecule has 0 rings (SSSR count).